The van der Waals surface area contributed by atoms with Crippen LogP contribution in [-0.2, 0) is 5.54 Å². The molecule has 1 aliphatic rings. The summed E-state index contributed by atoms with van der Waals surface area (Å²) < 4.78 is 7.22. The third-order valence-corrected chi connectivity index (χ3v) is 4.68. The Bertz CT molecular complexity index is 852. The first-order chi connectivity index (χ1) is 11.1. The van der Waals surface area contributed by atoms with Crippen LogP contribution in [0, 0.1) is 6.92 Å². The summed E-state index contributed by atoms with van der Waals surface area (Å²) >= 11 is 5.93. The Hall–Kier alpha value is -1.89. The van der Waals surface area contributed by atoms with E-state index in [1.165, 1.54) is 0 Å². The van der Waals surface area contributed by atoms with E-state index in [1.54, 1.807) is 6.20 Å². The van der Waals surface area contributed by atoms with Gasteiger partial charge in [-0.2, -0.15) is 10.1 Å². The lowest BCUT2D eigenvalue weighted by Gasteiger charge is -2.34. The van der Waals surface area contributed by atoms with Gasteiger partial charge in [0.25, 0.3) is 5.89 Å². The minimum absolute atomic E-state index is 0. The van der Waals surface area contributed by atoms with Gasteiger partial charge in [-0.1, -0.05) is 16.8 Å². The minimum atomic E-state index is -0.429. The predicted octanol–water partition coefficient (Wildman–Crippen LogP) is 3.64. The van der Waals surface area contributed by atoms with Crippen molar-refractivity contribution in [2.24, 2.45) is 5.73 Å². The Balaban J connectivity index is 0.00000169. The molecule has 2 aromatic heterocycles. The van der Waals surface area contributed by atoms with Gasteiger partial charge >= 0.3 is 0 Å². The lowest BCUT2D eigenvalue weighted by Crippen LogP contribution is -2.44. The molecule has 0 atom stereocenters. The quantitative estimate of drug-likeness (QED) is 0.765. The van der Waals surface area contributed by atoms with E-state index in [1.807, 2.05) is 35.9 Å². The Labute approximate surface area is 150 Å². The first-order valence-electron chi connectivity index (χ1n) is 7.51. The van der Waals surface area contributed by atoms with Gasteiger partial charge in [-0.05, 0) is 50.5 Å². The number of aromatic nitrogens is 4. The Morgan fingerprint density at radius 1 is 1.25 bits per heavy atom. The molecule has 2 N–H and O–H groups in total. The highest BCUT2D eigenvalue weighted by Gasteiger charge is 2.39. The zero-order valence-electron chi connectivity index (χ0n) is 13.1. The van der Waals surface area contributed by atoms with Crippen molar-refractivity contribution in [1.29, 1.82) is 0 Å². The molecule has 0 aliphatic heterocycles. The van der Waals surface area contributed by atoms with Crippen LogP contribution in [0.4, 0.5) is 0 Å². The van der Waals surface area contributed by atoms with E-state index in [0.717, 1.165) is 36.2 Å². The molecule has 0 spiro atoms. The van der Waals surface area contributed by atoms with Crippen LogP contribution in [0.5, 0.6) is 0 Å². The van der Waals surface area contributed by atoms with Crippen LogP contribution in [0.2, 0.25) is 5.02 Å². The number of hydrogen-bond donors (Lipinski definition) is 1. The molecular weight excluding hydrogens is 349 g/mol. The molecule has 0 unspecified atom stereocenters. The lowest BCUT2D eigenvalue weighted by molar-refractivity contribution is 0.229. The molecule has 2 heterocycles. The number of hydrogen-bond acceptors (Lipinski definition) is 5. The van der Waals surface area contributed by atoms with Crippen LogP contribution in [0.3, 0.4) is 0 Å². The Kier molecular flexibility index (Phi) is 4.38. The first kappa shape index (κ1) is 17.0. The SMILES string of the molecule is Cc1c(-c2nc(C3(N)CCC3)no2)cnn1-c1ccc(Cl)cc1.Cl. The van der Waals surface area contributed by atoms with E-state index in [9.17, 15) is 0 Å². The van der Waals surface area contributed by atoms with Gasteiger partial charge in [0.15, 0.2) is 5.82 Å². The number of benzene rings is 1. The fourth-order valence-electron chi connectivity index (χ4n) is 2.78. The third-order valence-electron chi connectivity index (χ3n) is 4.43. The van der Waals surface area contributed by atoms with E-state index in [4.69, 9.17) is 21.9 Å². The van der Waals surface area contributed by atoms with Crippen LogP contribution in [-0.4, -0.2) is 19.9 Å². The first-order valence-corrected chi connectivity index (χ1v) is 7.89. The van der Waals surface area contributed by atoms with Crippen LogP contribution in [0.25, 0.3) is 17.1 Å². The van der Waals surface area contributed by atoms with Crippen molar-refractivity contribution in [3.05, 3.63) is 47.0 Å². The second-order valence-electron chi connectivity index (χ2n) is 5.96. The van der Waals surface area contributed by atoms with Crippen LogP contribution < -0.4 is 5.73 Å². The normalized spacial score (nSPS) is 15.6. The Morgan fingerprint density at radius 2 is 1.96 bits per heavy atom. The van der Waals surface area contributed by atoms with E-state index in [0.29, 0.717) is 16.7 Å². The standard InChI is InChI=1S/C16H16ClN5O.ClH/c1-10-13(9-19-22(10)12-5-3-11(17)4-6-12)14-20-15(21-23-14)16(18)7-2-8-16;/h3-6,9H,2,7-8,18H2,1H3;1H. The predicted molar refractivity (Wildman–Crippen MR) is 93.6 cm³/mol. The van der Waals surface area contributed by atoms with Crippen LogP contribution in [0.15, 0.2) is 35.0 Å². The molecule has 3 aromatic rings. The fourth-order valence-corrected chi connectivity index (χ4v) is 2.90. The summed E-state index contributed by atoms with van der Waals surface area (Å²) in [6.45, 7) is 1.96. The average molecular weight is 366 g/mol. The van der Waals surface area contributed by atoms with Gasteiger partial charge in [0.05, 0.1) is 28.7 Å². The van der Waals surface area contributed by atoms with Crippen molar-refractivity contribution in [1.82, 2.24) is 19.9 Å². The van der Waals surface area contributed by atoms with Crippen molar-refractivity contribution in [2.45, 2.75) is 31.7 Å². The zero-order valence-corrected chi connectivity index (χ0v) is 14.6. The van der Waals surface area contributed by atoms with Crippen molar-refractivity contribution in [3.8, 4) is 17.1 Å². The fraction of sp³-hybridized carbons (Fsp3) is 0.312. The van der Waals surface area contributed by atoms with Crippen molar-refractivity contribution in [3.63, 3.8) is 0 Å². The topological polar surface area (TPSA) is 82.8 Å². The molecule has 1 saturated carbocycles. The summed E-state index contributed by atoms with van der Waals surface area (Å²) in [6.07, 6.45) is 4.63. The molecule has 0 saturated heterocycles. The summed E-state index contributed by atoms with van der Waals surface area (Å²) in [5.41, 5.74) is 8.47. The minimum Gasteiger partial charge on any atom is -0.334 e. The summed E-state index contributed by atoms with van der Waals surface area (Å²) in [7, 11) is 0. The summed E-state index contributed by atoms with van der Waals surface area (Å²) in [6, 6.07) is 7.48. The van der Waals surface area contributed by atoms with Crippen LogP contribution in [0.1, 0.15) is 30.8 Å². The van der Waals surface area contributed by atoms with Gasteiger partial charge in [0, 0.05) is 5.02 Å². The molecule has 1 fully saturated rings. The molecule has 0 amide bonds. The van der Waals surface area contributed by atoms with Gasteiger partial charge < -0.3 is 10.3 Å². The maximum Gasteiger partial charge on any atom is 0.261 e. The summed E-state index contributed by atoms with van der Waals surface area (Å²) in [4.78, 5) is 4.48. The zero-order chi connectivity index (χ0) is 16.0. The highest BCUT2D eigenvalue weighted by Crippen LogP contribution is 2.38. The monoisotopic (exact) mass is 365 g/mol. The molecule has 24 heavy (non-hydrogen) atoms. The number of rotatable bonds is 3. The van der Waals surface area contributed by atoms with Crippen molar-refractivity contribution in [2.75, 3.05) is 0 Å². The molecule has 6 nitrogen and oxygen atoms in total. The third kappa shape index (κ3) is 2.70. The smallest absolute Gasteiger partial charge is 0.261 e. The molecule has 0 radical (unpaired) electrons. The number of halogens is 2. The number of nitrogens with zero attached hydrogens (tertiary/aromatic N) is 4. The van der Waals surface area contributed by atoms with Crippen molar-refractivity contribution < 1.29 is 4.52 Å². The summed E-state index contributed by atoms with van der Waals surface area (Å²) in [5, 5.41) is 9.16. The van der Waals surface area contributed by atoms with Gasteiger partial charge in [-0.25, -0.2) is 4.68 Å². The number of nitrogens with two attached hydrogens (primary N) is 1. The van der Waals surface area contributed by atoms with E-state index < -0.39 is 5.54 Å². The molecule has 126 valence electrons. The molecule has 1 aliphatic carbocycles. The van der Waals surface area contributed by atoms with Gasteiger partial charge in [-0.3, -0.25) is 0 Å². The second kappa shape index (κ2) is 6.20. The van der Waals surface area contributed by atoms with E-state index in [-0.39, 0.29) is 12.4 Å². The Morgan fingerprint density at radius 3 is 2.58 bits per heavy atom. The molecule has 1 aromatic carbocycles. The average Bonchev–Trinajstić information content (AvgIpc) is 3.13. The largest absolute Gasteiger partial charge is 0.334 e. The highest BCUT2D eigenvalue weighted by atomic mass is 35.5. The second-order valence-corrected chi connectivity index (χ2v) is 6.40. The molecule has 0 bridgehead atoms. The summed E-state index contributed by atoms with van der Waals surface area (Å²) in [5.74, 6) is 1.03. The van der Waals surface area contributed by atoms with Gasteiger partial charge in [-0.15, -0.1) is 12.4 Å². The van der Waals surface area contributed by atoms with E-state index in [2.05, 4.69) is 15.2 Å². The maximum atomic E-state index is 6.25. The molecule has 8 heteroatoms. The molecular formula is C16H17Cl2N5O. The lowest BCUT2D eigenvalue weighted by atomic mass is 9.77. The molecule has 4 rings (SSSR count). The van der Waals surface area contributed by atoms with Crippen molar-refractivity contribution >= 4 is 24.0 Å². The highest BCUT2D eigenvalue weighted by molar-refractivity contribution is 6.30. The van der Waals surface area contributed by atoms with E-state index >= 15 is 0 Å². The maximum absolute atomic E-state index is 6.25. The van der Waals surface area contributed by atoms with Crippen LogP contribution >= 0.6 is 24.0 Å². The van der Waals surface area contributed by atoms with Gasteiger partial charge in [0.1, 0.15) is 0 Å². The van der Waals surface area contributed by atoms with Gasteiger partial charge in [0.2, 0.25) is 0 Å².